The first kappa shape index (κ1) is 50.2. The molecule has 0 radical (unpaired) electrons. The number of aromatic nitrogens is 1. The fourth-order valence-electron chi connectivity index (χ4n) is 7.02. The van der Waals surface area contributed by atoms with Crippen LogP contribution in [0, 0.1) is 17.2 Å². The fourth-order valence-corrected chi connectivity index (χ4v) is 7.02. The van der Waals surface area contributed by atoms with Crippen molar-refractivity contribution >= 4 is 46.7 Å². The van der Waals surface area contributed by atoms with Crippen LogP contribution < -0.4 is 10.6 Å². The van der Waals surface area contributed by atoms with E-state index in [9.17, 15) is 33.2 Å². The van der Waals surface area contributed by atoms with Gasteiger partial charge in [-0.1, -0.05) is 54.5 Å². The van der Waals surface area contributed by atoms with Crippen molar-refractivity contribution < 1.29 is 47.4 Å². The summed E-state index contributed by atoms with van der Waals surface area (Å²) in [6.07, 6.45) is 2.51. The summed E-state index contributed by atoms with van der Waals surface area (Å²) in [5.41, 5.74) is -1.37. The third-order valence-corrected chi connectivity index (χ3v) is 10.1. The molecule has 2 rings (SSSR count). The van der Waals surface area contributed by atoms with Crippen LogP contribution >= 0.6 is 0 Å². The van der Waals surface area contributed by atoms with Crippen LogP contribution in [0.4, 0.5) is 9.18 Å². The number of halogens is 1. The summed E-state index contributed by atoms with van der Waals surface area (Å²) in [6.45, 7) is 23.0. The number of hydrogen-bond donors (Lipinski definition) is 2. The molecule has 0 aliphatic heterocycles. The molecule has 0 unspecified atom stereocenters. The fraction of sp³-hybridized carbons (Fsp3) is 0.636. The van der Waals surface area contributed by atoms with E-state index < -0.39 is 82.2 Å². The molecule has 0 fully saturated rings. The Hall–Kier alpha value is -4.95. The average Bonchev–Trinajstić information content (AvgIpc) is 3.44. The molecule has 1 aromatic carbocycles. The van der Waals surface area contributed by atoms with Gasteiger partial charge >= 0.3 is 18.0 Å². The van der Waals surface area contributed by atoms with Gasteiger partial charge in [0.05, 0.1) is 19.3 Å². The van der Waals surface area contributed by atoms with Crippen LogP contribution in [-0.2, 0) is 50.6 Å². The normalized spacial score (nSPS) is 14.5. The summed E-state index contributed by atoms with van der Waals surface area (Å²) < 4.78 is 32.3. The van der Waals surface area contributed by atoms with Crippen LogP contribution in [0.5, 0.6) is 0 Å². The predicted molar refractivity (Wildman–Crippen MR) is 225 cm³/mol. The van der Waals surface area contributed by atoms with Crippen LogP contribution in [0.15, 0.2) is 36.0 Å². The largest absolute Gasteiger partial charge is 0.466 e. The number of ether oxygens (including phenoxy) is 3. The maximum absolute atomic E-state index is 14.8. The molecular formula is C44H68FN5O9. The second-order valence-corrected chi connectivity index (χ2v) is 18.0. The van der Waals surface area contributed by atoms with E-state index in [4.69, 9.17) is 14.2 Å². The van der Waals surface area contributed by atoms with Gasteiger partial charge in [0, 0.05) is 55.7 Å². The van der Waals surface area contributed by atoms with Gasteiger partial charge in [0.15, 0.2) is 0 Å². The van der Waals surface area contributed by atoms with E-state index >= 15 is 0 Å². The molecule has 59 heavy (non-hydrogen) atoms. The van der Waals surface area contributed by atoms with Crippen LogP contribution in [0.25, 0.3) is 10.9 Å². The Kier molecular flexibility index (Phi) is 17.3. The lowest BCUT2D eigenvalue weighted by Gasteiger charge is -2.42. The Balaban J connectivity index is 2.58. The van der Waals surface area contributed by atoms with Crippen LogP contribution in [0.2, 0.25) is 0 Å². The number of fused-ring (bicyclic) bond motifs is 1. The van der Waals surface area contributed by atoms with Gasteiger partial charge in [0.25, 0.3) is 0 Å². The van der Waals surface area contributed by atoms with Gasteiger partial charge in [-0.2, -0.15) is 0 Å². The number of nitrogens with one attached hydrogen (secondary N) is 2. The second-order valence-electron chi connectivity index (χ2n) is 18.0. The molecule has 0 aliphatic rings. The van der Waals surface area contributed by atoms with E-state index in [0.29, 0.717) is 10.9 Å². The molecule has 0 spiro atoms. The predicted octanol–water partition coefficient (Wildman–Crippen LogP) is 6.18. The van der Waals surface area contributed by atoms with Gasteiger partial charge < -0.3 is 34.3 Å². The summed E-state index contributed by atoms with van der Waals surface area (Å²) in [6, 6.07) is 0.251. The minimum atomic E-state index is -1.25. The third-order valence-electron chi connectivity index (χ3n) is 10.1. The molecule has 0 saturated carbocycles. The Morgan fingerprint density at radius 3 is 2.02 bits per heavy atom. The Bertz CT molecular complexity index is 1870. The molecule has 1 aromatic heterocycles. The monoisotopic (exact) mass is 830 g/mol. The lowest BCUT2D eigenvalue weighted by molar-refractivity contribution is -0.148. The number of nitrogens with zero attached hydrogens (tertiary/aromatic N) is 3. The highest BCUT2D eigenvalue weighted by molar-refractivity contribution is 5.97. The van der Waals surface area contributed by atoms with E-state index in [1.54, 1.807) is 102 Å². The zero-order valence-electron chi connectivity index (χ0n) is 38.0. The lowest BCUT2D eigenvalue weighted by atomic mass is 9.76. The van der Waals surface area contributed by atoms with Gasteiger partial charge in [0.2, 0.25) is 17.7 Å². The van der Waals surface area contributed by atoms with E-state index in [1.165, 1.54) is 29.0 Å². The first-order chi connectivity index (χ1) is 27.1. The first-order valence-corrected chi connectivity index (χ1v) is 20.2. The lowest BCUT2D eigenvalue weighted by Crippen LogP contribution is -2.63. The van der Waals surface area contributed by atoms with Crippen molar-refractivity contribution in [2.75, 3.05) is 27.3 Å². The number of likely N-dealkylation sites (N-methyl/N-ethyl adjacent to an activating group) is 2. The highest BCUT2D eigenvalue weighted by Crippen LogP contribution is 2.37. The zero-order valence-corrected chi connectivity index (χ0v) is 38.0. The molecule has 15 heteroatoms. The minimum absolute atomic E-state index is 0.0338. The highest BCUT2D eigenvalue weighted by Gasteiger charge is 2.47. The van der Waals surface area contributed by atoms with Gasteiger partial charge in [-0.3, -0.25) is 24.1 Å². The summed E-state index contributed by atoms with van der Waals surface area (Å²) in [5, 5.41) is 6.20. The van der Waals surface area contributed by atoms with Crippen LogP contribution in [0.1, 0.15) is 108 Å². The smallest absolute Gasteiger partial charge is 0.410 e. The van der Waals surface area contributed by atoms with Crippen molar-refractivity contribution in [2.24, 2.45) is 18.4 Å². The number of rotatable bonds is 17. The average molecular weight is 830 g/mol. The molecule has 2 N–H and O–H groups in total. The Labute approximate surface area is 349 Å². The summed E-state index contributed by atoms with van der Waals surface area (Å²) in [7, 11) is 4.86. The van der Waals surface area contributed by atoms with Gasteiger partial charge in [0.1, 0.15) is 29.5 Å². The summed E-state index contributed by atoms with van der Waals surface area (Å²) >= 11 is 0. The Morgan fingerprint density at radius 1 is 0.898 bits per heavy atom. The molecular weight excluding hydrogens is 762 g/mol. The van der Waals surface area contributed by atoms with Crippen molar-refractivity contribution in [3.63, 3.8) is 0 Å². The molecule has 4 amide bonds. The number of aryl methyl sites for hydroxylation is 1. The number of carbonyl (C=O) groups excluding carboxylic acids is 6. The van der Waals surface area contributed by atoms with Crippen LogP contribution in [-0.4, -0.2) is 107 Å². The molecule has 330 valence electrons. The maximum Gasteiger partial charge on any atom is 0.410 e. The summed E-state index contributed by atoms with van der Waals surface area (Å²) in [5.74, 6) is -3.58. The summed E-state index contributed by atoms with van der Waals surface area (Å²) in [4.78, 5) is 84.1. The molecule has 2 aromatic rings. The van der Waals surface area contributed by atoms with Crippen molar-refractivity contribution in [3.8, 4) is 0 Å². The maximum atomic E-state index is 14.8. The molecule has 14 nitrogen and oxygen atoms in total. The standard InChI is InChI=1S/C44H68FN5O9/c1-17-57-34(51)22-20-31(40(55)58-18-2)46-37(52)27(5)23-33(26(3)4)49(15)39(54)35(42(6,7)8)47-38(53)36(50(16)41(56)59-43(9,10)11)44(12,13)30-25-48(14)32-21-19-28(45)24-29(30)32/h19,21,23-26,31,33,35-36H,17-18,20,22H2,1-16H3,(H,46,52)(H,47,53)/b27-23+/t31-,33-,35-,36-/m1/s1. The first-order valence-electron chi connectivity index (χ1n) is 20.2. The number of carbonyl (C=O) groups is 6. The second kappa shape index (κ2) is 20.3. The number of esters is 2. The molecule has 4 atom stereocenters. The SMILES string of the molecule is CCOC(=O)CC[C@@H](NC(=O)/C(C)=C/[C@H](C(C)C)N(C)C(=O)[C@@H](NC(=O)[C@@H](N(C)C(=O)OC(C)(C)C)C(C)(C)c1cn(C)c2ccc(F)cc12)C(C)(C)C)C(=O)OCC. The van der Waals surface area contributed by atoms with Gasteiger partial charge in [-0.15, -0.1) is 0 Å². The van der Waals surface area contributed by atoms with E-state index in [1.807, 2.05) is 25.5 Å². The molecule has 1 heterocycles. The number of hydrogen-bond acceptors (Lipinski definition) is 9. The van der Waals surface area contributed by atoms with Crippen molar-refractivity contribution in [3.05, 3.63) is 47.4 Å². The van der Waals surface area contributed by atoms with E-state index in [-0.39, 0.29) is 37.5 Å². The topological polar surface area (TPSA) is 166 Å². The number of amides is 4. The highest BCUT2D eigenvalue weighted by atomic mass is 19.1. The van der Waals surface area contributed by atoms with Crippen molar-refractivity contribution in [2.45, 2.75) is 138 Å². The molecule has 0 bridgehead atoms. The minimum Gasteiger partial charge on any atom is -0.466 e. The Morgan fingerprint density at radius 2 is 1.49 bits per heavy atom. The zero-order chi connectivity index (χ0) is 45.4. The van der Waals surface area contributed by atoms with E-state index in [0.717, 1.165) is 5.52 Å². The van der Waals surface area contributed by atoms with Gasteiger partial charge in [-0.05, 0) is 83.1 Å². The quantitative estimate of drug-likeness (QED) is 0.108. The van der Waals surface area contributed by atoms with E-state index in [2.05, 4.69) is 10.6 Å². The molecule has 0 saturated heterocycles. The van der Waals surface area contributed by atoms with Gasteiger partial charge in [-0.25, -0.2) is 14.0 Å². The van der Waals surface area contributed by atoms with Crippen molar-refractivity contribution in [1.82, 2.24) is 25.0 Å². The third kappa shape index (κ3) is 13.3. The van der Waals surface area contributed by atoms with Crippen molar-refractivity contribution in [1.29, 1.82) is 0 Å². The van der Waals surface area contributed by atoms with Crippen LogP contribution in [0.3, 0.4) is 0 Å². The number of benzene rings is 1. The molecule has 0 aliphatic carbocycles.